The number of nitrogens with zero attached hydrogens (tertiary/aromatic N) is 4. The quantitative estimate of drug-likeness (QED) is 0.834. The zero-order valence-electron chi connectivity index (χ0n) is 11.9. The maximum atomic E-state index is 12.9. The van der Waals surface area contributed by atoms with E-state index >= 15 is 0 Å². The molecule has 1 aliphatic carbocycles. The fourth-order valence-corrected chi connectivity index (χ4v) is 1.85. The molecular weight excluding hydrogens is 269 g/mol. The first-order chi connectivity index (χ1) is 9.27. The van der Waals surface area contributed by atoms with Gasteiger partial charge in [0, 0.05) is 33.8 Å². The molecule has 0 spiro atoms. The van der Waals surface area contributed by atoms with Gasteiger partial charge in [-0.25, -0.2) is 4.98 Å². The van der Waals surface area contributed by atoms with Crippen molar-refractivity contribution < 1.29 is 13.2 Å². The van der Waals surface area contributed by atoms with Crippen LogP contribution in [0.5, 0.6) is 0 Å². The summed E-state index contributed by atoms with van der Waals surface area (Å²) in [4.78, 5) is 11.1. The third-order valence-corrected chi connectivity index (χ3v) is 3.36. The molecular formula is C13H19F3N4. The Balaban J connectivity index is 2.23. The van der Waals surface area contributed by atoms with Crippen LogP contribution in [0.1, 0.15) is 25.0 Å². The second-order valence-electron chi connectivity index (χ2n) is 5.46. The van der Waals surface area contributed by atoms with Crippen molar-refractivity contribution >= 4 is 11.8 Å². The van der Waals surface area contributed by atoms with Crippen LogP contribution in [0.25, 0.3) is 0 Å². The summed E-state index contributed by atoms with van der Waals surface area (Å²) in [5, 5.41) is 0. The number of hydrogen-bond donors (Lipinski definition) is 0. The van der Waals surface area contributed by atoms with Crippen LogP contribution < -0.4 is 9.80 Å². The molecule has 0 N–H and O–H groups in total. The molecule has 0 aromatic carbocycles. The average Bonchev–Trinajstić information content (AvgIpc) is 3.18. The molecule has 1 aromatic heterocycles. The number of aromatic nitrogens is 2. The lowest BCUT2D eigenvalue weighted by Crippen LogP contribution is -2.24. The van der Waals surface area contributed by atoms with E-state index in [1.54, 1.807) is 30.9 Å². The maximum absolute atomic E-state index is 12.9. The molecule has 0 atom stereocenters. The van der Waals surface area contributed by atoms with Crippen molar-refractivity contribution in [3.8, 4) is 0 Å². The Morgan fingerprint density at radius 2 is 1.85 bits per heavy atom. The van der Waals surface area contributed by atoms with Gasteiger partial charge in [-0.15, -0.1) is 0 Å². The monoisotopic (exact) mass is 288 g/mol. The predicted molar refractivity (Wildman–Crippen MR) is 72.0 cm³/mol. The minimum atomic E-state index is -4.46. The molecule has 1 saturated carbocycles. The molecule has 1 aromatic rings. The molecule has 0 aliphatic heterocycles. The summed E-state index contributed by atoms with van der Waals surface area (Å²) in [7, 11) is 5.06. The zero-order chi connectivity index (χ0) is 14.9. The molecule has 112 valence electrons. The number of anilines is 2. The molecule has 0 amide bonds. The van der Waals surface area contributed by atoms with Gasteiger partial charge in [-0.3, -0.25) is 0 Å². The molecule has 0 radical (unpaired) electrons. The van der Waals surface area contributed by atoms with Crippen LogP contribution >= 0.6 is 0 Å². The van der Waals surface area contributed by atoms with Crippen molar-refractivity contribution in [3.63, 3.8) is 0 Å². The number of halogens is 3. The minimum Gasteiger partial charge on any atom is -0.363 e. The first kappa shape index (κ1) is 14.9. The summed E-state index contributed by atoms with van der Waals surface area (Å²) in [6, 6.07) is 0.970. The highest BCUT2D eigenvalue weighted by Gasteiger charge is 2.34. The Morgan fingerprint density at radius 3 is 2.35 bits per heavy atom. The second kappa shape index (κ2) is 5.46. The maximum Gasteiger partial charge on any atom is 0.433 e. The SMILES string of the molecule is CN(C)c1cc(C(F)(F)F)nc(N(C)CCC2CC2)n1. The van der Waals surface area contributed by atoms with E-state index in [2.05, 4.69) is 9.97 Å². The molecule has 4 nitrogen and oxygen atoms in total. The minimum absolute atomic E-state index is 0.129. The third kappa shape index (κ3) is 3.74. The first-order valence-electron chi connectivity index (χ1n) is 6.62. The molecule has 1 fully saturated rings. The highest BCUT2D eigenvalue weighted by atomic mass is 19.4. The van der Waals surface area contributed by atoms with Gasteiger partial charge in [-0.1, -0.05) is 12.8 Å². The second-order valence-corrected chi connectivity index (χ2v) is 5.46. The molecule has 7 heteroatoms. The number of rotatable bonds is 5. The van der Waals surface area contributed by atoms with Crippen LogP contribution in [0.3, 0.4) is 0 Å². The molecule has 1 heterocycles. The Hall–Kier alpha value is -1.53. The van der Waals surface area contributed by atoms with Crippen LogP contribution in [-0.4, -0.2) is 37.7 Å². The molecule has 1 aliphatic rings. The van der Waals surface area contributed by atoms with E-state index in [4.69, 9.17) is 0 Å². The lowest BCUT2D eigenvalue weighted by molar-refractivity contribution is -0.141. The van der Waals surface area contributed by atoms with E-state index in [1.165, 1.54) is 12.8 Å². The molecule has 0 saturated heterocycles. The van der Waals surface area contributed by atoms with Gasteiger partial charge < -0.3 is 9.80 Å². The van der Waals surface area contributed by atoms with Gasteiger partial charge in [0.2, 0.25) is 5.95 Å². The lowest BCUT2D eigenvalue weighted by Gasteiger charge is -2.21. The lowest BCUT2D eigenvalue weighted by atomic mass is 10.3. The summed E-state index contributed by atoms with van der Waals surface area (Å²) < 4.78 is 38.6. The normalized spacial score (nSPS) is 15.3. The van der Waals surface area contributed by atoms with E-state index in [0.717, 1.165) is 18.4 Å². The smallest absolute Gasteiger partial charge is 0.363 e. The van der Waals surface area contributed by atoms with Gasteiger partial charge in [-0.05, 0) is 12.3 Å². The predicted octanol–water partition coefficient (Wildman–Crippen LogP) is 2.80. The van der Waals surface area contributed by atoms with Crippen molar-refractivity contribution in [2.24, 2.45) is 5.92 Å². The first-order valence-corrected chi connectivity index (χ1v) is 6.62. The highest BCUT2D eigenvalue weighted by molar-refractivity contribution is 5.45. The molecule has 2 rings (SSSR count). The molecule has 20 heavy (non-hydrogen) atoms. The van der Waals surface area contributed by atoms with Crippen LogP contribution in [0.15, 0.2) is 6.07 Å². The fraction of sp³-hybridized carbons (Fsp3) is 0.692. The van der Waals surface area contributed by atoms with E-state index in [9.17, 15) is 13.2 Å². The molecule has 0 unspecified atom stereocenters. The van der Waals surface area contributed by atoms with Crippen LogP contribution in [0.4, 0.5) is 24.9 Å². The average molecular weight is 288 g/mol. The summed E-state index contributed by atoms with van der Waals surface area (Å²) in [5.41, 5.74) is -0.899. The van der Waals surface area contributed by atoms with Gasteiger partial charge in [0.25, 0.3) is 0 Å². The van der Waals surface area contributed by atoms with Crippen LogP contribution in [0.2, 0.25) is 0 Å². The van der Waals surface area contributed by atoms with Crippen molar-refractivity contribution in [2.45, 2.75) is 25.4 Å². The van der Waals surface area contributed by atoms with Gasteiger partial charge in [0.1, 0.15) is 5.82 Å². The highest BCUT2D eigenvalue weighted by Crippen LogP contribution is 2.33. The largest absolute Gasteiger partial charge is 0.433 e. The van der Waals surface area contributed by atoms with Gasteiger partial charge in [0.15, 0.2) is 5.69 Å². The van der Waals surface area contributed by atoms with Crippen LogP contribution in [0, 0.1) is 5.92 Å². The summed E-state index contributed by atoms with van der Waals surface area (Å²) in [6.45, 7) is 0.679. The van der Waals surface area contributed by atoms with Crippen molar-refractivity contribution in [1.82, 2.24) is 9.97 Å². The number of alkyl halides is 3. The number of hydrogen-bond acceptors (Lipinski definition) is 4. The molecule has 0 bridgehead atoms. The van der Waals surface area contributed by atoms with E-state index in [1.807, 2.05) is 0 Å². The topological polar surface area (TPSA) is 32.3 Å². The van der Waals surface area contributed by atoms with Crippen molar-refractivity contribution in [1.29, 1.82) is 0 Å². The Labute approximate surface area is 116 Å². The van der Waals surface area contributed by atoms with E-state index in [0.29, 0.717) is 6.54 Å². The van der Waals surface area contributed by atoms with Crippen molar-refractivity contribution in [2.75, 3.05) is 37.5 Å². The summed E-state index contributed by atoms with van der Waals surface area (Å²) in [6.07, 6.45) is -1.03. The fourth-order valence-electron chi connectivity index (χ4n) is 1.85. The van der Waals surface area contributed by atoms with Gasteiger partial charge in [-0.2, -0.15) is 18.2 Å². The third-order valence-electron chi connectivity index (χ3n) is 3.36. The van der Waals surface area contributed by atoms with Crippen molar-refractivity contribution in [3.05, 3.63) is 11.8 Å². The standard InChI is InChI=1S/C13H19F3N4/c1-19(2)11-8-10(13(14,15)16)17-12(18-11)20(3)7-6-9-4-5-9/h8-9H,4-7H2,1-3H3. The van der Waals surface area contributed by atoms with E-state index < -0.39 is 11.9 Å². The Bertz CT molecular complexity index is 469. The zero-order valence-corrected chi connectivity index (χ0v) is 11.9. The Morgan fingerprint density at radius 1 is 1.20 bits per heavy atom. The summed E-state index contributed by atoms with van der Waals surface area (Å²) >= 11 is 0. The van der Waals surface area contributed by atoms with Gasteiger partial charge in [0.05, 0.1) is 0 Å². The Kier molecular flexibility index (Phi) is 4.06. The van der Waals surface area contributed by atoms with Gasteiger partial charge >= 0.3 is 6.18 Å². The summed E-state index contributed by atoms with van der Waals surface area (Å²) in [5.74, 6) is 1.11. The van der Waals surface area contributed by atoms with Crippen LogP contribution in [-0.2, 0) is 6.18 Å². The van der Waals surface area contributed by atoms with E-state index in [-0.39, 0.29) is 11.8 Å².